The Balaban J connectivity index is 3.10. The number of hydrogen-bond donors (Lipinski definition) is 1. The van der Waals surface area contributed by atoms with Crippen molar-refractivity contribution in [2.75, 3.05) is 42.7 Å². The van der Waals surface area contributed by atoms with Gasteiger partial charge in [0.2, 0.25) is 11.5 Å². The van der Waals surface area contributed by atoms with Crippen molar-refractivity contribution in [2.24, 2.45) is 0 Å². The van der Waals surface area contributed by atoms with Crippen LogP contribution in [0.5, 0.6) is 34.5 Å². The van der Waals surface area contributed by atoms with Gasteiger partial charge in [0.15, 0.2) is 23.0 Å². The summed E-state index contributed by atoms with van der Waals surface area (Å²) in [4.78, 5) is 12.2. The van der Waals surface area contributed by atoms with E-state index in [4.69, 9.17) is 28.4 Å². The van der Waals surface area contributed by atoms with E-state index in [-0.39, 0.29) is 34.1 Å². The van der Waals surface area contributed by atoms with E-state index < -0.39 is 5.97 Å². The molecule has 0 unspecified atom stereocenters. The lowest BCUT2D eigenvalue weighted by Gasteiger charge is -2.22. The fraction of sp³-hybridized carbons (Fsp3) is 0.316. The molecule has 0 aliphatic heterocycles. The Morgan fingerprint density at radius 1 is 0.704 bits per heavy atom. The molecular formula is C19H22O8. The summed E-state index contributed by atoms with van der Waals surface area (Å²) in [6, 6.07) is 5.11. The molecular weight excluding hydrogens is 356 g/mol. The zero-order valence-corrected chi connectivity index (χ0v) is 16.0. The largest absolute Gasteiger partial charge is 0.493 e. The molecule has 146 valence electrons. The lowest BCUT2D eigenvalue weighted by molar-refractivity contribution is 0.0693. The minimum Gasteiger partial charge on any atom is -0.493 e. The molecule has 2 rings (SSSR count). The first-order valence-corrected chi connectivity index (χ1v) is 7.85. The van der Waals surface area contributed by atoms with Crippen LogP contribution in [-0.2, 0) is 0 Å². The van der Waals surface area contributed by atoms with Crippen LogP contribution in [0.1, 0.15) is 10.4 Å². The summed E-state index contributed by atoms with van der Waals surface area (Å²) >= 11 is 0. The average Bonchev–Trinajstić information content (AvgIpc) is 2.70. The van der Waals surface area contributed by atoms with Crippen molar-refractivity contribution in [3.63, 3.8) is 0 Å². The Morgan fingerprint density at radius 3 is 1.67 bits per heavy atom. The predicted molar refractivity (Wildman–Crippen MR) is 98.1 cm³/mol. The monoisotopic (exact) mass is 378 g/mol. The molecule has 8 heteroatoms. The average molecular weight is 378 g/mol. The van der Waals surface area contributed by atoms with Crippen molar-refractivity contribution in [3.05, 3.63) is 23.8 Å². The van der Waals surface area contributed by atoms with Crippen molar-refractivity contribution < 1.29 is 38.3 Å². The van der Waals surface area contributed by atoms with Crippen molar-refractivity contribution in [2.45, 2.75) is 0 Å². The number of hydrogen-bond acceptors (Lipinski definition) is 7. The van der Waals surface area contributed by atoms with Gasteiger partial charge in [0.25, 0.3) is 0 Å². The van der Waals surface area contributed by atoms with E-state index in [1.165, 1.54) is 42.7 Å². The Hall–Kier alpha value is -3.29. The number of carbonyl (C=O) groups is 1. The highest BCUT2D eigenvalue weighted by atomic mass is 16.5. The van der Waals surface area contributed by atoms with E-state index in [9.17, 15) is 9.90 Å². The fourth-order valence-electron chi connectivity index (χ4n) is 2.97. The highest BCUT2D eigenvalue weighted by Crippen LogP contribution is 2.55. The van der Waals surface area contributed by atoms with Gasteiger partial charge in [-0.2, -0.15) is 0 Å². The van der Waals surface area contributed by atoms with Gasteiger partial charge in [-0.3, -0.25) is 0 Å². The molecule has 0 saturated heterocycles. The molecule has 0 atom stereocenters. The van der Waals surface area contributed by atoms with Crippen LogP contribution < -0.4 is 28.4 Å². The molecule has 27 heavy (non-hydrogen) atoms. The Kier molecular flexibility index (Phi) is 6.23. The van der Waals surface area contributed by atoms with Gasteiger partial charge in [0.1, 0.15) is 5.56 Å². The SMILES string of the molecule is COc1cccc(-c2c(OC)c(OC)c(OC)c(OC)c2C(=O)O)c1OC. The van der Waals surface area contributed by atoms with E-state index in [1.807, 2.05) is 0 Å². The summed E-state index contributed by atoms with van der Waals surface area (Å²) < 4.78 is 32.4. The second-order valence-corrected chi connectivity index (χ2v) is 5.23. The quantitative estimate of drug-likeness (QED) is 0.749. The molecule has 1 N–H and O–H groups in total. The number of ether oxygens (including phenoxy) is 6. The first kappa shape index (κ1) is 20.0. The van der Waals surface area contributed by atoms with Gasteiger partial charge in [-0.25, -0.2) is 4.79 Å². The molecule has 0 amide bonds. The van der Waals surface area contributed by atoms with Crippen LogP contribution in [0.4, 0.5) is 0 Å². The van der Waals surface area contributed by atoms with Crippen LogP contribution >= 0.6 is 0 Å². The molecule has 0 aliphatic rings. The second kappa shape index (κ2) is 8.39. The number of carboxylic acid groups (broad SMARTS) is 1. The van der Waals surface area contributed by atoms with E-state index >= 15 is 0 Å². The van der Waals surface area contributed by atoms with E-state index in [2.05, 4.69) is 0 Å². The maximum absolute atomic E-state index is 12.2. The summed E-state index contributed by atoms with van der Waals surface area (Å²) in [5.74, 6) is 0.0198. The van der Waals surface area contributed by atoms with Crippen molar-refractivity contribution in [1.29, 1.82) is 0 Å². The fourth-order valence-corrected chi connectivity index (χ4v) is 2.97. The zero-order chi connectivity index (χ0) is 20.1. The lowest BCUT2D eigenvalue weighted by Crippen LogP contribution is -2.09. The molecule has 2 aromatic carbocycles. The number of methoxy groups -OCH3 is 6. The minimum atomic E-state index is -1.23. The predicted octanol–water partition coefficient (Wildman–Crippen LogP) is 3.10. The van der Waals surface area contributed by atoms with E-state index in [1.54, 1.807) is 18.2 Å². The van der Waals surface area contributed by atoms with Gasteiger partial charge in [0.05, 0.1) is 48.2 Å². The molecule has 0 aromatic heterocycles. The number of para-hydroxylation sites is 1. The van der Waals surface area contributed by atoms with E-state index in [0.717, 1.165) is 0 Å². The molecule has 0 fully saturated rings. The molecule has 0 radical (unpaired) electrons. The van der Waals surface area contributed by atoms with Gasteiger partial charge in [-0.1, -0.05) is 12.1 Å². The van der Waals surface area contributed by atoms with Gasteiger partial charge in [-0.15, -0.1) is 0 Å². The summed E-state index contributed by atoms with van der Waals surface area (Å²) in [6.07, 6.45) is 0. The molecule has 0 aliphatic carbocycles. The van der Waals surface area contributed by atoms with Gasteiger partial charge in [0, 0.05) is 5.56 Å². The van der Waals surface area contributed by atoms with Crippen molar-refractivity contribution in [3.8, 4) is 45.6 Å². The number of aromatic carboxylic acids is 1. The summed E-state index contributed by atoms with van der Waals surface area (Å²) in [5, 5.41) is 9.93. The topological polar surface area (TPSA) is 92.7 Å². The third-order valence-corrected chi connectivity index (χ3v) is 4.03. The standard InChI is InChI=1S/C19H22O8/c1-22-11-9-7-8-10(14(11)23-2)12-13(19(20)21)16(25-4)18(27-6)17(26-5)15(12)24-3/h7-9H,1-6H3,(H,20,21). The third-order valence-electron chi connectivity index (χ3n) is 4.03. The smallest absolute Gasteiger partial charge is 0.340 e. The van der Waals surface area contributed by atoms with Crippen LogP contribution in [0, 0.1) is 0 Å². The van der Waals surface area contributed by atoms with Crippen molar-refractivity contribution >= 4 is 5.97 Å². The summed E-state index contributed by atoms with van der Waals surface area (Å²) in [7, 11) is 8.52. The molecule has 0 bridgehead atoms. The summed E-state index contributed by atoms with van der Waals surface area (Å²) in [6.45, 7) is 0. The minimum absolute atomic E-state index is 0.00234. The molecule has 0 heterocycles. The Labute approximate surface area is 157 Å². The van der Waals surface area contributed by atoms with Gasteiger partial charge < -0.3 is 33.5 Å². The van der Waals surface area contributed by atoms with Gasteiger partial charge >= 0.3 is 5.97 Å². The van der Waals surface area contributed by atoms with Gasteiger partial charge in [-0.05, 0) is 6.07 Å². The van der Waals surface area contributed by atoms with Crippen molar-refractivity contribution in [1.82, 2.24) is 0 Å². The van der Waals surface area contributed by atoms with Crippen LogP contribution in [0.2, 0.25) is 0 Å². The first-order valence-electron chi connectivity index (χ1n) is 7.85. The Bertz CT molecular complexity index is 844. The maximum Gasteiger partial charge on any atom is 0.340 e. The normalized spacial score (nSPS) is 10.1. The lowest BCUT2D eigenvalue weighted by atomic mass is 9.95. The number of carboxylic acids is 1. The highest BCUT2D eigenvalue weighted by Gasteiger charge is 2.33. The maximum atomic E-state index is 12.2. The van der Waals surface area contributed by atoms with Crippen LogP contribution in [-0.4, -0.2) is 53.7 Å². The second-order valence-electron chi connectivity index (χ2n) is 5.23. The summed E-state index contributed by atoms with van der Waals surface area (Å²) in [5.41, 5.74) is 0.499. The molecule has 2 aromatic rings. The zero-order valence-electron chi connectivity index (χ0n) is 16.0. The Morgan fingerprint density at radius 2 is 1.22 bits per heavy atom. The van der Waals surface area contributed by atoms with Crippen LogP contribution in [0.25, 0.3) is 11.1 Å². The first-order chi connectivity index (χ1) is 13.0. The molecule has 0 saturated carbocycles. The molecule has 8 nitrogen and oxygen atoms in total. The highest BCUT2D eigenvalue weighted by molar-refractivity contribution is 6.04. The van der Waals surface area contributed by atoms with Crippen LogP contribution in [0.15, 0.2) is 18.2 Å². The van der Waals surface area contributed by atoms with Crippen LogP contribution in [0.3, 0.4) is 0 Å². The number of benzene rings is 2. The number of rotatable bonds is 8. The third kappa shape index (κ3) is 3.25. The van der Waals surface area contributed by atoms with E-state index in [0.29, 0.717) is 17.1 Å². The molecule has 0 spiro atoms.